The fourth-order valence-electron chi connectivity index (χ4n) is 1.73. The first-order valence-corrected chi connectivity index (χ1v) is 5.46. The molecule has 84 valence electrons. The van der Waals surface area contributed by atoms with Gasteiger partial charge in [0, 0.05) is 25.4 Å². The molecule has 1 aromatic heterocycles. The molecule has 1 aromatic carbocycles. The third-order valence-electron chi connectivity index (χ3n) is 2.63. The lowest BCUT2D eigenvalue weighted by Gasteiger charge is -2.07. The highest BCUT2D eigenvalue weighted by Gasteiger charge is 2.01. The Balaban J connectivity index is 2.14. The minimum absolute atomic E-state index is 0.868. The van der Waals surface area contributed by atoms with Crippen molar-refractivity contribution in [2.24, 2.45) is 0 Å². The van der Waals surface area contributed by atoms with Crippen molar-refractivity contribution in [3.05, 3.63) is 48.0 Å². The van der Waals surface area contributed by atoms with E-state index in [4.69, 9.17) is 4.74 Å². The van der Waals surface area contributed by atoms with Gasteiger partial charge in [-0.3, -0.25) is 0 Å². The normalized spacial score (nSPS) is 10.4. The molecule has 0 saturated heterocycles. The first kappa shape index (κ1) is 10.7. The van der Waals surface area contributed by atoms with Crippen LogP contribution in [0.2, 0.25) is 0 Å². The molecule has 0 bridgehead atoms. The molecule has 0 saturated carbocycles. The van der Waals surface area contributed by atoms with Gasteiger partial charge in [0.25, 0.3) is 0 Å². The van der Waals surface area contributed by atoms with Gasteiger partial charge in [-0.2, -0.15) is 0 Å². The zero-order valence-corrected chi connectivity index (χ0v) is 9.68. The van der Waals surface area contributed by atoms with E-state index in [-0.39, 0.29) is 0 Å². The summed E-state index contributed by atoms with van der Waals surface area (Å²) in [4.78, 5) is 4.30. The van der Waals surface area contributed by atoms with E-state index >= 15 is 0 Å². The van der Waals surface area contributed by atoms with E-state index < -0.39 is 0 Å². The highest BCUT2D eigenvalue weighted by Crippen LogP contribution is 2.13. The maximum absolute atomic E-state index is 5.13. The van der Waals surface area contributed by atoms with Crippen molar-refractivity contribution in [3.63, 3.8) is 0 Å². The van der Waals surface area contributed by atoms with Crippen LogP contribution in [-0.4, -0.2) is 16.7 Å². The van der Waals surface area contributed by atoms with E-state index in [0.29, 0.717) is 0 Å². The molecule has 0 unspecified atom stereocenters. The van der Waals surface area contributed by atoms with Crippen molar-refractivity contribution in [1.82, 2.24) is 9.55 Å². The number of methoxy groups -OCH3 is 1. The molecule has 3 nitrogen and oxygen atoms in total. The number of aromatic nitrogens is 2. The maximum atomic E-state index is 5.13. The fraction of sp³-hybridized carbons (Fsp3) is 0.308. The second kappa shape index (κ2) is 4.84. The quantitative estimate of drug-likeness (QED) is 0.785. The van der Waals surface area contributed by atoms with Crippen molar-refractivity contribution in [3.8, 4) is 5.75 Å². The molecule has 0 N–H and O–H groups in total. The first-order chi connectivity index (χ1) is 7.83. The lowest BCUT2D eigenvalue weighted by molar-refractivity contribution is 0.414. The van der Waals surface area contributed by atoms with Crippen molar-refractivity contribution in [2.45, 2.75) is 19.9 Å². The first-order valence-electron chi connectivity index (χ1n) is 5.46. The van der Waals surface area contributed by atoms with Crippen LogP contribution in [0.5, 0.6) is 5.75 Å². The van der Waals surface area contributed by atoms with Crippen molar-refractivity contribution in [1.29, 1.82) is 0 Å². The summed E-state index contributed by atoms with van der Waals surface area (Å²) in [5.74, 6) is 2.01. The number of aryl methyl sites for hydroxylation is 1. The van der Waals surface area contributed by atoms with Gasteiger partial charge in [0.15, 0.2) is 0 Å². The van der Waals surface area contributed by atoms with E-state index in [1.807, 2.05) is 24.5 Å². The molecular weight excluding hydrogens is 200 g/mol. The van der Waals surface area contributed by atoms with Gasteiger partial charge in [-0.15, -0.1) is 0 Å². The van der Waals surface area contributed by atoms with E-state index in [0.717, 1.165) is 24.5 Å². The highest BCUT2D eigenvalue weighted by atomic mass is 16.5. The van der Waals surface area contributed by atoms with Crippen LogP contribution in [-0.2, 0) is 13.0 Å². The highest BCUT2D eigenvalue weighted by molar-refractivity contribution is 5.27. The summed E-state index contributed by atoms with van der Waals surface area (Å²) in [6.07, 6.45) is 4.83. The van der Waals surface area contributed by atoms with Crippen LogP contribution in [0.25, 0.3) is 0 Å². The number of rotatable bonds is 4. The Morgan fingerprint density at radius 2 is 2.00 bits per heavy atom. The summed E-state index contributed by atoms with van der Waals surface area (Å²) >= 11 is 0. The number of benzene rings is 1. The fourth-order valence-corrected chi connectivity index (χ4v) is 1.73. The van der Waals surface area contributed by atoms with E-state index in [2.05, 4.69) is 28.6 Å². The van der Waals surface area contributed by atoms with Crippen LogP contribution in [0, 0.1) is 0 Å². The molecule has 3 heteroatoms. The molecule has 0 radical (unpaired) electrons. The topological polar surface area (TPSA) is 27.1 Å². The minimum Gasteiger partial charge on any atom is -0.497 e. The number of imidazole rings is 1. The van der Waals surface area contributed by atoms with Gasteiger partial charge in [0.2, 0.25) is 0 Å². The largest absolute Gasteiger partial charge is 0.497 e. The standard InChI is InChI=1S/C13H16N2O/c1-3-13-14-8-9-15(13)10-11-4-6-12(16-2)7-5-11/h4-9H,3,10H2,1-2H3. The molecule has 1 heterocycles. The third kappa shape index (κ3) is 2.24. The third-order valence-corrected chi connectivity index (χ3v) is 2.63. The Kier molecular flexibility index (Phi) is 3.25. The number of nitrogens with zero attached hydrogens (tertiary/aromatic N) is 2. The molecule has 0 fully saturated rings. The minimum atomic E-state index is 0.868. The molecule has 2 rings (SSSR count). The summed E-state index contributed by atoms with van der Waals surface area (Å²) < 4.78 is 7.30. The van der Waals surface area contributed by atoms with Crippen molar-refractivity contribution < 1.29 is 4.74 Å². The average molecular weight is 216 g/mol. The second-order valence-corrected chi connectivity index (χ2v) is 3.67. The van der Waals surface area contributed by atoms with Gasteiger partial charge >= 0.3 is 0 Å². The smallest absolute Gasteiger partial charge is 0.118 e. The van der Waals surface area contributed by atoms with Crippen molar-refractivity contribution >= 4 is 0 Å². The van der Waals surface area contributed by atoms with Crippen LogP contribution in [0.3, 0.4) is 0 Å². The van der Waals surface area contributed by atoms with Gasteiger partial charge in [-0.25, -0.2) is 4.98 Å². The van der Waals surface area contributed by atoms with E-state index in [1.165, 1.54) is 5.56 Å². The SMILES string of the molecule is CCc1nccn1Cc1ccc(OC)cc1. The van der Waals surface area contributed by atoms with Gasteiger partial charge in [-0.1, -0.05) is 19.1 Å². The lowest BCUT2D eigenvalue weighted by Crippen LogP contribution is -2.03. The van der Waals surface area contributed by atoms with Gasteiger partial charge in [-0.05, 0) is 17.7 Å². The molecular formula is C13H16N2O. The Morgan fingerprint density at radius 1 is 1.25 bits per heavy atom. The Hall–Kier alpha value is -1.77. The lowest BCUT2D eigenvalue weighted by atomic mass is 10.2. The molecule has 0 amide bonds. The van der Waals surface area contributed by atoms with E-state index in [1.54, 1.807) is 7.11 Å². The van der Waals surface area contributed by atoms with Crippen LogP contribution >= 0.6 is 0 Å². The van der Waals surface area contributed by atoms with Gasteiger partial charge in [0.05, 0.1) is 7.11 Å². The molecule has 2 aromatic rings. The maximum Gasteiger partial charge on any atom is 0.118 e. The second-order valence-electron chi connectivity index (χ2n) is 3.67. The average Bonchev–Trinajstić information content (AvgIpc) is 2.77. The predicted octanol–water partition coefficient (Wildman–Crippen LogP) is 2.50. The van der Waals surface area contributed by atoms with Crippen LogP contribution in [0.15, 0.2) is 36.7 Å². The molecule has 0 atom stereocenters. The van der Waals surface area contributed by atoms with Crippen LogP contribution in [0.4, 0.5) is 0 Å². The molecule has 0 aliphatic rings. The Bertz CT molecular complexity index is 445. The Morgan fingerprint density at radius 3 is 2.62 bits per heavy atom. The van der Waals surface area contributed by atoms with E-state index in [9.17, 15) is 0 Å². The number of hydrogen-bond donors (Lipinski definition) is 0. The number of hydrogen-bond acceptors (Lipinski definition) is 2. The van der Waals surface area contributed by atoms with Gasteiger partial charge in [0.1, 0.15) is 11.6 Å². The van der Waals surface area contributed by atoms with Crippen LogP contribution in [0.1, 0.15) is 18.3 Å². The van der Waals surface area contributed by atoms with Crippen LogP contribution < -0.4 is 4.74 Å². The molecule has 0 spiro atoms. The zero-order chi connectivity index (χ0) is 11.4. The van der Waals surface area contributed by atoms with Crippen molar-refractivity contribution in [2.75, 3.05) is 7.11 Å². The molecule has 16 heavy (non-hydrogen) atoms. The summed E-state index contributed by atoms with van der Waals surface area (Å²) in [5.41, 5.74) is 1.26. The Labute approximate surface area is 95.7 Å². The predicted molar refractivity (Wildman–Crippen MR) is 63.7 cm³/mol. The van der Waals surface area contributed by atoms with Gasteiger partial charge < -0.3 is 9.30 Å². The summed E-state index contributed by atoms with van der Waals surface area (Å²) in [5, 5.41) is 0. The summed E-state index contributed by atoms with van der Waals surface area (Å²) in [6, 6.07) is 8.13. The number of ether oxygens (including phenoxy) is 1. The summed E-state index contributed by atoms with van der Waals surface area (Å²) in [7, 11) is 1.68. The zero-order valence-electron chi connectivity index (χ0n) is 9.68. The molecule has 0 aliphatic heterocycles. The monoisotopic (exact) mass is 216 g/mol. The molecule has 0 aliphatic carbocycles. The summed E-state index contributed by atoms with van der Waals surface area (Å²) in [6.45, 7) is 2.99.